The predicted molar refractivity (Wildman–Crippen MR) is 97.9 cm³/mol. The Labute approximate surface area is 154 Å². The highest BCUT2D eigenvalue weighted by Crippen LogP contribution is 2.18. The van der Waals surface area contributed by atoms with Crippen molar-refractivity contribution in [1.82, 2.24) is 25.5 Å². The lowest BCUT2D eigenvalue weighted by molar-refractivity contribution is -0.118. The average molecular weight is 374 g/mol. The van der Waals surface area contributed by atoms with Crippen molar-refractivity contribution in [2.45, 2.75) is 18.6 Å². The summed E-state index contributed by atoms with van der Waals surface area (Å²) in [6, 6.07) is 15.3. The maximum Gasteiger partial charge on any atom is 0.230 e. The highest BCUT2D eigenvalue weighted by molar-refractivity contribution is 7.99. The number of carbonyl (C=O) groups excluding carboxylic acids is 1. The Morgan fingerprint density at radius 3 is 2.80 bits per heavy atom. The van der Waals surface area contributed by atoms with Gasteiger partial charge in [-0.2, -0.15) is 4.68 Å². The SMILES string of the molecule is Cc1ccc(-n2nnnc2SCC(=O)NCc2cccc(Cl)c2)cc1. The third-order valence-corrected chi connectivity index (χ3v) is 4.58. The van der Waals surface area contributed by atoms with Gasteiger partial charge in [0.25, 0.3) is 0 Å². The molecule has 0 atom stereocenters. The number of nitrogens with zero attached hydrogens (tertiary/aromatic N) is 4. The lowest BCUT2D eigenvalue weighted by Crippen LogP contribution is -2.24. The number of carbonyl (C=O) groups is 1. The van der Waals surface area contributed by atoms with Gasteiger partial charge in [0.2, 0.25) is 11.1 Å². The van der Waals surface area contributed by atoms with Crippen LogP contribution in [0.25, 0.3) is 5.69 Å². The number of amides is 1. The number of aromatic nitrogens is 4. The molecule has 0 bridgehead atoms. The van der Waals surface area contributed by atoms with E-state index < -0.39 is 0 Å². The van der Waals surface area contributed by atoms with E-state index in [2.05, 4.69) is 20.8 Å². The molecule has 1 heterocycles. The van der Waals surface area contributed by atoms with Gasteiger partial charge in [0.1, 0.15) is 0 Å². The largest absolute Gasteiger partial charge is 0.351 e. The van der Waals surface area contributed by atoms with Gasteiger partial charge in [-0.3, -0.25) is 4.79 Å². The van der Waals surface area contributed by atoms with Gasteiger partial charge >= 0.3 is 0 Å². The van der Waals surface area contributed by atoms with Gasteiger partial charge < -0.3 is 5.32 Å². The predicted octanol–water partition coefficient (Wildman–Crippen LogP) is 3.03. The second kappa shape index (κ2) is 8.13. The number of rotatable bonds is 6. The lowest BCUT2D eigenvalue weighted by Gasteiger charge is -2.06. The molecule has 0 spiro atoms. The molecule has 3 aromatic rings. The van der Waals surface area contributed by atoms with E-state index in [0.717, 1.165) is 16.8 Å². The van der Waals surface area contributed by atoms with E-state index in [-0.39, 0.29) is 11.7 Å². The number of benzene rings is 2. The van der Waals surface area contributed by atoms with E-state index in [4.69, 9.17) is 11.6 Å². The highest BCUT2D eigenvalue weighted by Gasteiger charge is 2.11. The molecule has 25 heavy (non-hydrogen) atoms. The minimum absolute atomic E-state index is 0.0940. The molecule has 2 aromatic carbocycles. The number of hydrogen-bond donors (Lipinski definition) is 1. The zero-order chi connectivity index (χ0) is 17.6. The average Bonchev–Trinajstić information content (AvgIpc) is 3.07. The second-order valence-electron chi connectivity index (χ2n) is 5.40. The van der Waals surface area contributed by atoms with Crippen molar-refractivity contribution in [1.29, 1.82) is 0 Å². The Hall–Kier alpha value is -2.38. The van der Waals surface area contributed by atoms with Crippen LogP contribution in [0.2, 0.25) is 5.02 Å². The second-order valence-corrected chi connectivity index (χ2v) is 6.78. The van der Waals surface area contributed by atoms with Gasteiger partial charge in [0.05, 0.1) is 11.4 Å². The molecule has 128 valence electrons. The number of thioether (sulfide) groups is 1. The number of aryl methyl sites for hydroxylation is 1. The van der Waals surface area contributed by atoms with Crippen LogP contribution in [0.5, 0.6) is 0 Å². The molecular weight excluding hydrogens is 358 g/mol. The summed E-state index contributed by atoms with van der Waals surface area (Å²) in [7, 11) is 0. The smallest absolute Gasteiger partial charge is 0.230 e. The monoisotopic (exact) mass is 373 g/mol. The Kier molecular flexibility index (Phi) is 5.67. The fourth-order valence-electron chi connectivity index (χ4n) is 2.15. The number of tetrazole rings is 1. The van der Waals surface area contributed by atoms with Crippen molar-refractivity contribution < 1.29 is 4.79 Å². The molecule has 1 N–H and O–H groups in total. The quantitative estimate of drug-likeness (QED) is 0.672. The summed E-state index contributed by atoms with van der Waals surface area (Å²) in [5.74, 6) is 0.135. The molecule has 0 aliphatic carbocycles. The molecule has 0 saturated carbocycles. The Morgan fingerprint density at radius 1 is 1.24 bits per heavy atom. The molecule has 0 fully saturated rings. The molecule has 6 nitrogen and oxygen atoms in total. The first-order valence-electron chi connectivity index (χ1n) is 7.61. The molecular formula is C17H16ClN5OS. The van der Waals surface area contributed by atoms with Crippen molar-refractivity contribution in [3.8, 4) is 5.69 Å². The van der Waals surface area contributed by atoms with Crippen molar-refractivity contribution in [2.24, 2.45) is 0 Å². The summed E-state index contributed by atoms with van der Waals surface area (Å²) in [4.78, 5) is 12.0. The topological polar surface area (TPSA) is 72.7 Å². The third kappa shape index (κ3) is 4.80. The van der Waals surface area contributed by atoms with Crippen LogP contribution >= 0.6 is 23.4 Å². The zero-order valence-corrected chi connectivity index (χ0v) is 15.1. The van der Waals surface area contributed by atoms with Gasteiger partial charge in [-0.05, 0) is 47.2 Å². The van der Waals surface area contributed by atoms with Crippen molar-refractivity contribution in [2.75, 3.05) is 5.75 Å². The lowest BCUT2D eigenvalue weighted by atomic mass is 10.2. The van der Waals surface area contributed by atoms with E-state index >= 15 is 0 Å². The Balaban J connectivity index is 1.56. The van der Waals surface area contributed by atoms with Gasteiger partial charge in [-0.1, -0.05) is 53.2 Å². The first-order chi connectivity index (χ1) is 12.1. The highest BCUT2D eigenvalue weighted by atomic mass is 35.5. The first-order valence-corrected chi connectivity index (χ1v) is 8.97. The summed E-state index contributed by atoms with van der Waals surface area (Å²) in [6.45, 7) is 2.45. The summed E-state index contributed by atoms with van der Waals surface area (Å²) < 4.78 is 1.62. The maximum atomic E-state index is 12.0. The summed E-state index contributed by atoms with van der Waals surface area (Å²) in [6.07, 6.45) is 0. The third-order valence-electron chi connectivity index (χ3n) is 3.43. The van der Waals surface area contributed by atoms with Crippen LogP contribution in [-0.4, -0.2) is 31.9 Å². The molecule has 0 saturated heterocycles. The maximum absolute atomic E-state index is 12.0. The zero-order valence-electron chi connectivity index (χ0n) is 13.5. The molecule has 3 rings (SSSR count). The van der Waals surface area contributed by atoms with Crippen LogP contribution in [0.15, 0.2) is 53.7 Å². The Morgan fingerprint density at radius 2 is 2.04 bits per heavy atom. The van der Waals surface area contributed by atoms with Crippen LogP contribution in [-0.2, 0) is 11.3 Å². The van der Waals surface area contributed by atoms with E-state index in [9.17, 15) is 4.79 Å². The van der Waals surface area contributed by atoms with Crippen LogP contribution in [0, 0.1) is 6.92 Å². The van der Waals surface area contributed by atoms with E-state index in [0.29, 0.717) is 16.7 Å². The van der Waals surface area contributed by atoms with E-state index in [1.54, 1.807) is 10.7 Å². The van der Waals surface area contributed by atoms with Gasteiger partial charge in [-0.15, -0.1) is 5.10 Å². The van der Waals surface area contributed by atoms with Gasteiger partial charge in [0.15, 0.2) is 0 Å². The Bertz CT molecular complexity index is 865. The molecule has 0 aliphatic heterocycles. The molecule has 8 heteroatoms. The van der Waals surface area contributed by atoms with E-state index in [1.807, 2.05) is 49.4 Å². The normalized spacial score (nSPS) is 10.6. The van der Waals surface area contributed by atoms with Crippen LogP contribution in [0.3, 0.4) is 0 Å². The number of halogens is 1. The molecule has 0 unspecified atom stereocenters. The molecule has 1 aromatic heterocycles. The number of nitrogens with one attached hydrogen (secondary N) is 1. The van der Waals surface area contributed by atoms with Gasteiger partial charge in [0, 0.05) is 11.6 Å². The minimum Gasteiger partial charge on any atom is -0.351 e. The van der Waals surface area contributed by atoms with Crippen LogP contribution < -0.4 is 5.32 Å². The summed E-state index contributed by atoms with van der Waals surface area (Å²) >= 11 is 7.22. The summed E-state index contributed by atoms with van der Waals surface area (Å²) in [5, 5.41) is 15.7. The van der Waals surface area contributed by atoms with E-state index in [1.165, 1.54) is 11.8 Å². The molecule has 0 radical (unpaired) electrons. The van der Waals surface area contributed by atoms with Crippen LogP contribution in [0.1, 0.15) is 11.1 Å². The fourth-order valence-corrected chi connectivity index (χ4v) is 3.08. The van der Waals surface area contributed by atoms with Crippen molar-refractivity contribution >= 4 is 29.3 Å². The van der Waals surface area contributed by atoms with Gasteiger partial charge in [-0.25, -0.2) is 0 Å². The molecule has 1 amide bonds. The van der Waals surface area contributed by atoms with Crippen molar-refractivity contribution in [3.05, 3.63) is 64.7 Å². The summed E-state index contributed by atoms with van der Waals surface area (Å²) in [5.41, 5.74) is 2.97. The first kappa shape index (κ1) is 17.4. The number of hydrogen-bond acceptors (Lipinski definition) is 5. The standard InChI is InChI=1S/C17H16ClN5OS/c1-12-5-7-15(8-6-12)23-17(20-21-22-23)25-11-16(24)19-10-13-3-2-4-14(18)9-13/h2-9H,10-11H2,1H3,(H,19,24). The molecule has 0 aliphatic rings. The van der Waals surface area contributed by atoms with Crippen LogP contribution in [0.4, 0.5) is 0 Å². The minimum atomic E-state index is -0.0940. The fraction of sp³-hybridized carbons (Fsp3) is 0.176. The van der Waals surface area contributed by atoms with Crippen molar-refractivity contribution in [3.63, 3.8) is 0 Å².